The first-order chi connectivity index (χ1) is 14.7. The third kappa shape index (κ3) is 3.40. The third-order valence-corrected chi connectivity index (χ3v) is 6.64. The molecule has 1 unspecified atom stereocenters. The molecule has 1 aromatic heterocycles. The van der Waals surface area contributed by atoms with Gasteiger partial charge in [-0.15, -0.1) is 0 Å². The molecule has 1 aromatic carbocycles. The SMILES string of the molecule is C=CCOc1cccc2[nH]c(C(=O)N3C[C@@H]4C(NC(=O)[C@H]5CC=CCC5)[C@@H]4C3)cc12. The van der Waals surface area contributed by atoms with Crippen molar-refractivity contribution in [3.63, 3.8) is 0 Å². The number of rotatable bonds is 6. The summed E-state index contributed by atoms with van der Waals surface area (Å²) in [7, 11) is 0. The summed E-state index contributed by atoms with van der Waals surface area (Å²) in [5.41, 5.74) is 1.46. The van der Waals surface area contributed by atoms with Gasteiger partial charge >= 0.3 is 0 Å². The highest BCUT2D eigenvalue weighted by molar-refractivity contribution is 6.00. The average molecular weight is 405 g/mol. The van der Waals surface area contributed by atoms with Crippen LogP contribution in [0.1, 0.15) is 29.8 Å². The zero-order chi connectivity index (χ0) is 20.7. The fourth-order valence-corrected chi connectivity index (χ4v) is 4.91. The van der Waals surface area contributed by atoms with Crippen molar-refractivity contribution in [2.45, 2.75) is 25.3 Å². The van der Waals surface area contributed by atoms with Gasteiger partial charge in [0.1, 0.15) is 18.1 Å². The van der Waals surface area contributed by atoms with Crippen LogP contribution in [-0.2, 0) is 4.79 Å². The second kappa shape index (κ2) is 7.67. The van der Waals surface area contributed by atoms with Crippen LogP contribution in [0.5, 0.6) is 5.75 Å². The van der Waals surface area contributed by atoms with E-state index in [1.54, 1.807) is 6.08 Å². The second-order valence-electron chi connectivity index (χ2n) is 8.55. The van der Waals surface area contributed by atoms with E-state index in [1.165, 1.54) is 0 Å². The molecule has 1 saturated heterocycles. The van der Waals surface area contributed by atoms with Gasteiger partial charge in [-0.05, 0) is 37.5 Å². The first kappa shape index (κ1) is 19.0. The molecule has 2 aliphatic carbocycles. The van der Waals surface area contributed by atoms with Crippen molar-refractivity contribution < 1.29 is 14.3 Å². The number of likely N-dealkylation sites (tertiary alicyclic amines) is 1. The first-order valence-electron chi connectivity index (χ1n) is 10.8. The van der Waals surface area contributed by atoms with Gasteiger partial charge in [-0.3, -0.25) is 9.59 Å². The van der Waals surface area contributed by atoms with Crippen molar-refractivity contribution in [1.82, 2.24) is 15.2 Å². The molecule has 2 amide bonds. The largest absolute Gasteiger partial charge is 0.489 e. The standard InChI is InChI=1S/C24H27N3O3/c1-2-11-30-21-10-6-9-19-16(21)12-20(25-19)24(29)27-13-17-18(14-27)22(17)26-23(28)15-7-4-3-5-8-15/h2-4,6,9-10,12,15,17-18,22,25H,1,5,7-8,11,13-14H2,(H,26,28)/t15-,17-,18+,22?/m0/s1. The van der Waals surface area contributed by atoms with E-state index >= 15 is 0 Å². The number of allylic oxidation sites excluding steroid dienone is 2. The zero-order valence-corrected chi connectivity index (χ0v) is 17.0. The smallest absolute Gasteiger partial charge is 0.270 e. The van der Waals surface area contributed by atoms with Crippen LogP contribution >= 0.6 is 0 Å². The maximum absolute atomic E-state index is 13.0. The molecule has 2 aromatic rings. The van der Waals surface area contributed by atoms with Crippen LogP contribution in [-0.4, -0.2) is 47.4 Å². The molecular weight excluding hydrogens is 378 g/mol. The van der Waals surface area contributed by atoms with Crippen molar-refractivity contribution in [2.24, 2.45) is 17.8 Å². The Morgan fingerprint density at radius 2 is 2.10 bits per heavy atom. The predicted octanol–water partition coefficient (Wildman–Crippen LogP) is 3.28. The number of nitrogens with one attached hydrogen (secondary N) is 2. The van der Waals surface area contributed by atoms with Crippen molar-refractivity contribution in [3.8, 4) is 5.75 Å². The summed E-state index contributed by atoms with van der Waals surface area (Å²) >= 11 is 0. The number of carbonyl (C=O) groups excluding carboxylic acids is 2. The molecule has 2 heterocycles. The Hall–Kier alpha value is -3.02. The Morgan fingerprint density at radius 1 is 1.27 bits per heavy atom. The Kier molecular flexibility index (Phi) is 4.85. The molecule has 2 N–H and O–H groups in total. The van der Waals surface area contributed by atoms with Gasteiger partial charge in [-0.2, -0.15) is 0 Å². The molecule has 156 valence electrons. The molecule has 6 heteroatoms. The maximum Gasteiger partial charge on any atom is 0.270 e. The maximum atomic E-state index is 13.0. The normalized spacial score (nSPS) is 27.0. The fraction of sp³-hybridized carbons (Fsp3) is 0.417. The van der Waals surface area contributed by atoms with Gasteiger partial charge < -0.3 is 19.9 Å². The van der Waals surface area contributed by atoms with Crippen molar-refractivity contribution in [3.05, 3.63) is 54.8 Å². The van der Waals surface area contributed by atoms with Crippen molar-refractivity contribution in [1.29, 1.82) is 0 Å². The van der Waals surface area contributed by atoms with Crippen LogP contribution in [0.3, 0.4) is 0 Å². The number of amides is 2. The predicted molar refractivity (Wildman–Crippen MR) is 115 cm³/mol. The number of hydrogen-bond donors (Lipinski definition) is 2. The molecule has 3 aliphatic rings. The summed E-state index contributed by atoms with van der Waals surface area (Å²) in [5.74, 6) is 1.81. The molecule has 0 spiro atoms. The molecule has 1 aliphatic heterocycles. The summed E-state index contributed by atoms with van der Waals surface area (Å²) in [6, 6.07) is 7.85. The van der Waals surface area contributed by atoms with Gasteiger partial charge in [-0.25, -0.2) is 0 Å². The van der Waals surface area contributed by atoms with E-state index in [2.05, 4.69) is 29.0 Å². The minimum atomic E-state index is 0.00978. The minimum Gasteiger partial charge on any atom is -0.489 e. The van der Waals surface area contributed by atoms with Gasteiger partial charge in [0, 0.05) is 47.8 Å². The molecule has 0 bridgehead atoms. The lowest BCUT2D eigenvalue weighted by atomic mass is 9.93. The highest BCUT2D eigenvalue weighted by Gasteiger charge is 2.57. The summed E-state index contributed by atoms with van der Waals surface area (Å²) < 4.78 is 5.70. The highest BCUT2D eigenvalue weighted by atomic mass is 16.5. The quantitative estimate of drug-likeness (QED) is 0.725. The molecule has 5 rings (SSSR count). The van der Waals surface area contributed by atoms with E-state index in [-0.39, 0.29) is 23.8 Å². The highest BCUT2D eigenvalue weighted by Crippen LogP contribution is 2.46. The lowest BCUT2D eigenvalue weighted by Crippen LogP contribution is -2.39. The van der Waals surface area contributed by atoms with Crippen LogP contribution in [0.2, 0.25) is 0 Å². The van der Waals surface area contributed by atoms with Crippen LogP contribution in [0.25, 0.3) is 10.9 Å². The number of hydrogen-bond acceptors (Lipinski definition) is 3. The lowest BCUT2D eigenvalue weighted by molar-refractivity contribution is -0.125. The molecular formula is C24H27N3O3. The average Bonchev–Trinajstić information content (AvgIpc) is 3.15. The summed E-state index contributed by atoms with van der Waals surface area (Å²) in [5, 5.41) is 4.13. The number of benzene rings is 1. The molecule has 6 nitrogen and oxygen atoms in total. The van der Waals surface area contributed by atoms with Crippen LogP contribution in [0.15, 0.2) is 49.1 Å². The molecule has 0 radical (unpaired) electrons. The van der Waals surface area contributed by atoms with Crippen molar-refractivity contribution in [2.75, 3.05) is 19.7 Å². The monoisotopic (exact) mass is 405 g/mol. The number of fused-ring (bicyclic) bond motifs is 2. The molecule has 4 atom stereocenters. The summed E-state index contributed by atoms with van der Waals surface area (Å²) in [4.78, 5) is 30.6. The Labute approximate surface area is 176 Å². The van der Waals surface area contributed by atoms with Gasteiger partial charge in [0.2, 0.25) is 5.91 Å². The van der Waals surface area contributed by atoms with E-state index in [9.17, 15) is 9.59 Å². The lowest BCUT2D eigenvalue weighted by Gasteiger charge is -2.21. The van der Waals surface area contributed by atoms with Crippen LogP contribution in [0.4, 0.5) is 0 Å². The van der Waals surface area contributed by atoms with Gasteiger partial charge in [0.05, 0.1) is 0 Å². The van der Waals surface area contributed by atoms with E-state index in [1.807, 2.05) is 29.2 Å². The van der Waals surface area contributed by atoms with Gasteiger partial charge in [0.25, 0.3) is 5.91 Å². The van der Waals surface area contributed by atoms with E-state index in [4.69, 9.17) is 4.74 Å². The Balaban J connectivity index is 1.20. The molecule has 1 saturated carbocycles. The fourth-order valence-electron chi connectivity index (χ4n) is 4.91. The first-order valence-corrected chi connectivity index (χ1v) is 10.8. The van der Waals surface area contributed by atoms with E-state index in [0.717, 1.165) is 35.9 Å². The summed E-state index contributed by atoms with van der Waals surface area (Å²) in [6.07, 6.45) is 8.73. The van der Waals surface area contributed by atoms with Crippen LogP contribution < -0.4 is 10.1 Å². The van der Waals surface area contributed by atoms with E-state index < -0.39 is 0 Å². The topological polar surface area (TPSA) is 74.4 Å². The molecule has 30 heavy (non-hydrogen) atoms. The number of aromatic amines is 1. The Morgan fingerprint density at radius 3 is 2.83 bits per heavy atom. The number of piperidine rings is 1. The van der Waals surface area contributed by atoms with Crippen molar-refractivity contribution >= 4 is 22.7 Å². The molecule has 2 fully saturated rings. The van der Waals surface area contributed by atoms with Gasteiger partial charge in [-0.1, -0.05) is 30.9 Å². The number of aromatic nitrogens is 1. The number of nitrogens with zero attached hydrogens (tertiary/aromatic N) is 1. The van der Waals surface area contributed by atoms with Gasteiger partial charge in [0.15, 0.2) is 0 Å². The summed E-state index contributed by atoms with van der Waals surface area (Å²) in [6.45, 7) is 5.51. The van der Waals surface area contributed by atoms with E-state index in [0.29, 0.717) is 37.2 Å². The third-order valence-electron chi connectivity index (χ3n) is 6.64. The minimum absolute atomic E-state index is 0.00978. The zero-order valence-electron chi connectivity index (χ0n) is 17.0. The second-order valence-corrected chi connectivity index (χ2v) is 8.55. The number of ether oxygens (including phenoxy) is 1. The number of carbonyl (C=O) groups is 2. The van der Waals surface area contributed by atoms with Crippen LogP contribution in [0, 0.1) is 17.8 Å². The Bertz CT molecular complexity index is 1010. The number of H-pyrrole nitrogens is 1.